The van der Waals surface area contributed by atoms with Gasteiger partial charge in [-0.15, -0.1) is 0 Å². The van der Waals surface area contributed by atoms with Crippen LogP contribution in [0.2, 0.25) is 0 Å². The molecule has 0 saturated heterocycles. The zero-order valence-corrected chi connectivity index (χ0v) is 11.8. The molecule has 0 unspecified atom stereocenters. The van der Waals surface area contributed by atoms with Crippen molar-refractivity contribution in [1.29, 1.82) is 0 Å². The molecule has 0 saturated carbocycles. The van der Waals surface area contributed by atoms with Gasteiger partial charge in [0.2, 0.25) is 0 Å². The van der Waals surface area contributed by atoms with Crippen LogP contribution in [0.1, 0.15) is 25.8 Å². The Morgan fingerprint density at radius 2 is 2.26 bits per heavy atom. The van der Waals surface area contributed by atoms with E-state index in [4.69, 9.17) is 5.11 Å². The number of aliphatic hydroxyl groups is 1. The summed E-state index contributed by atoms with van der Waals surface area (Å²) in [5.74, 6) is 0.654. The molecule has 0 aliphatic heterocycles. The van der Waals surface area contributed by atoms with Crippen LogP contribution >= 0.6 is 0 Å². The number of rotatable bonds is 7. The number of fused-ring (bicyclic) bond motifs is 1. The molecule has 104 valence electrons. The Balaban J connectivity index is 2.18. The van der Waals surface area contributed by atoms with Crippen molar-refractivity contribution in [2.24, 2.45) is 5.92 Å². The van der Waals surface area contributed by atoms with Crippen LogP contribution in [0.5, 0.6) is 0 Å². The van der Waals surface area contributed by atoms with Gasteiger partial charge in [0, 0.05) is 37.5 Å². The van der Waals surface area contributed by atoms with Gasteiger partial charge in [-0.3, -0.25) is 0 Å². The van der Waals surface area contributed by atoms with Crippen molar-refractivity contribution < 1.29 is 5.11 Å². The molecular weight excluding hydrogens is 238 g/mol. The molecule has 0 bridgehead atoms. The summed E-state index contributed by atoms with van der Waals surface area (Å²) in [5, 5.41) is 13.6. The molecule has 4 nitrogen and oxygen atoms in total. The molecular formula is C15H23N3O. The Morgan fingerprint density at radius 1 is 1.42 bits per heavy atom. The van der Waals surface area contributed by atoms with Gasteiger partial charge in [-0.1, -0.05) is 13.8 Å². The monoisotopic (exact) mass is 261 g/mol. The molecule has 0 fully saturated rings. The number of nitrogens with zero attached hydrogens (tertiary/aromatic N) is 2. The van der Waals surface area contributed by atoms with E-state index >= 15 is 0 Å². The van der Waals surface area contributed by atoms with Gasteiger partial charge in [-0.05, 0) is 36.6 Å². The highest BCUT2D eigenvalue weighted by Crippen LogP contribution is 2.19. The summed E-state index contributed by atoms with van der Waals surface area (Å²) in [6.07, 6.45) is 4.74. The van der Waals surface area contributed by atoms with Gasteiger partial charge < -0.3 is 15.0 Å². The average Bonchev–Trinajstić information content (AvgIpc) is 2.75. The predicted octanol–water partition coefficient (Wildman–Crippen LogP) is 2.16. The zero-order chi connectivity index (χ0) is 13.7. The fourth-order valence-electron chi connectivity index (χ4n) is 2.24. The quantitative estimate of drug-likeness (QED) is 0.803. The zero-order valence-electron chi connectivity index (χ0n) is 11.8. The molecule has 0 spiro atoms. The Kier molecular flexibility index (Phi) is 4.93. The molecule has 0 amide bonds. The summed E-state index contributed by atoms with van der Waals surface area (Å²) in [7, 11) is 0. The second-order valence-corrected chi connectivity index (χ2v) is 5.32. The first-order valence-corrected chi connectivity index (χ1v) is 6.96. The molecule has 2 N–H and O–H groups in total. The molecule has 0 atom stereocenters. The second-order valence-electron chi connectivity index (χ2n) is 5.32. The van der Waals surface area contributed by atoms with Crippen LogP contribution in [0.25, 0.3) is 11.0 Å². The highest BCUT2D eigenvalue weighted by molar-refractivity contribution is 5.80. The van der Waals surface area contributed by atoms with Crippen molar-refractivity contribution in [3.63, 3.8) is 0 Å². The lowest BCUT2D eigenvalue weighted by Gasteiger charge is -2.06. The average molecular weight is 261 g/mol. The number of aromatic nitrogens is 2. The largest absolute Gasteiger partial charge is 0.396 e. The summed E-state index contributed by atoms with van der Waals surface area (Å²) in [6, 6.07) is 4.09. The van der Waals surface area contributed by atoms with Crippen LogP contribution in [0, 0.1) is 5.92 Å². The first-order chi connectivity index (χ1) is 9.22. The summed E-state index contributed by atoms with van der Waals surface area (Å²) >= 11 is 0. The van der Waals surface area contributed by atoms with Crippen LogP contribution in [0.3, 0.4) is 0 Å². The summed E-state index contributed by atoms with van der Waals surface area (Å²) in [5.41, 5.74) is 2.29. The Morgan fingerprint density at radius 3 is 3.00 bits per heavy atom. The number of hydrogen-bond donors (Lipinski definition) is 2. The van der Waals surface area contributed by atoms with Crippen LogP contribution in [0.4, 0.5) is 0 Å². The minimum atomic E-state index is 0.216. The Labute approximate surface area is 114 Å². The standard InChI is InChI=1S/C15H23N3O/c1-12(2)9-16-10-13-11-18(7-4-8-19)15-14(13)5-3-6-17-15/h3,5-6,11-12,16,19H,4,7-10H2,1-2H3. The lowest BCUT2D eigenvalue weighted by atomic mass is 10.2. The predicted molar refractivity (Wildman–Crippen MR) is 78.0 cm³/mol. The molecule has 2 heterocycles. The van der Waals surface area contributed by atoms with Gasteiger partial charge in [-0.2, -0.15) is 0 Å². The third-order valence-corrected chi connectivity index (χ3v) is 3.14. The molecule has 4 heteroatoms. The lowest BCUT2D eigenvalue weighted by Crippen LogP contribution is -2.18. The van der Waals surface area contributed by atoms with Crippen LogP contribution in [-0.2, 0) is 13.1 Å². The molecule has 0 radical (unpaired) electrons. The van der Waals surface area contributed by atoms with Gasteiger partial charge in [-0.25, -0.2) is 4.98 Å². The summed E-state index contributed by atoms with van der Waals surface area (Å²) in [6.45, 7) is 7.33. The van der Waals surface area contributed by atoms with E-state index in [2.05, 4.69) is 41.0 Å². The molecule has 2 aromatic heterocycles. The van der Waals surface area contributed by atoms with E-state index in [1.807, 2.05) is 12.3 Å². The van der Waals surface area contributed by atoms with Gasteiger partial charge in [0.15, 0.2) is 0 Å². The molecule has 19 heavy (non-hydrogen) atoms. The van der Waals surface area contributed by atoms with E-state index in [1.54, 1.807) is 0 Å². The smallest absolute Gasteiger partial charge is 0.140 e. The molecule has 0 aromatic carbocycles. The number of pyridine rings is 1. The molecule has 2 aromatic rings. The minimum absolute atomic E-state index is 0.216. The lowest BCUT2D eigenvalue weighted by molar-refractivity contribution is 0.280. The van der Waals surface area contributed by atoms with Crippen molar-refractivity contribution in [2.45, 2.75) is 33.4 Å². The third kappa shape index (κ3) is 3.55. The topological polar surface area (TPSA) is 50.1 Å². The van der Waals surface area contributed by atoms with Crippen molar-refractivity contribution in [3.05, 3.63) is 30.1 Å². The van der Waals surface area contributed by atoms with E-state index in [0.717, 1.165) is 31.7 Å². The maximum absolute atomic E-state index is 8.96. The van der Waals surface area contributed by atoms with Crippen LogP contribution in [-0.4, -0.2) is 27.8 Å². The van der Waals surface area contributed by atoms with E-state index in [9.17, 15) is 0 Å². The minimum Gasteiger partial charge on any atom is -0.396 e. The SMILES string of the molecule is CC(C)CNCc1cn(CCCO)c2ncccc12. The first-order valence-electron chi connectivity index (χ1n) is 6.96. The summed E-state index contributed by atoms with van der Waals surface area (Å²) in [4.78, 5) is 4.45. The number of nitrogens with one attached hydrogen (secondary N) is 1. The van der Waals surface area contributed by atoms with E-state index in [-0.39, 0.29) is 6.61 Å². The molecule has 2 rings (SSSR count). The highest BCUT2D eigenvalue weighted by Gasteiger charge is 2.08. The van der Waals surface area contributed by atoms with Gasteiger partial charge in [0.05, 0.1) is 0 Å². The number of aryl methyl sites for hydroxylation is 1. The van der Waals surface area contributed by atoms with Crippen molar-refractivity contribution >= 4 is 11.0 Å². The van der Waals surface area contributed by atoms with E-state index < -0.39 is 0 Å². The van der Waals surface area contributed by atoms with Crippen molar-refractivity contribution in [3.8, 4) is 0 Å². The van der Waals surface area contributed by atoms with Gasteiger partial charge in [0.1, 0.15) is 5.65 Å². The maximum Gasteiger partial charge on any atom is 0.140 e. The normalized spacial score (nSPS) is 11.6. The first kappa shape index (κ1) is 14.0. The van der Waals surface area contributed by atoms with E-state index in [1.165, 1.54) is 10.9 Å². The van der Waals surface area contributed by atoms with Gasteiger partial charge in [0.25, 0.3) is 0 Å². The second kappa shape index (κ2) is 6.68. The Hall–Kier alpha value is -1.39. The van der Waals surface area contributed by atoms with Crippen LogP contribution < -0.4 is 5.32 Å². The maximum atomic E-state index is 8.96. The fraction of sp³-hybridized carbons (Fsp3) is 0.533. The highest BCUT2D eigenvalue weighted by atomic mass is 16.3. The number of hydrogen-bond acceptors (Lipinski definition) is 3. The molecule has 0 aliphatic rings. The van der Waals surface area contributed by atoms with Crippen molar-refractivity contribution in [2.75, 3.05) is 13.2 Å². The van der Waals surface area contributed by atoms with Crippen molar-refractivity contribution in [1.82, 2.24) is 14.9 Å². The van der Waals surface area contributed by atoms with Gasteiger partial charge >= 0.3 is 0 Å². The Bertz CT molecular complexity index is 519. The van der Waals surface area contributed by atoms with E-state index in [0.29, 0.717) is 5.92 Å². The summed E-state index contributed by atoms with van der Waals surface area (Å²) < 4.78 is 2.14. The molecule has 0 aliphatic carbocycles. The number of aliphatic hydroxyl groups excluding tert-OH is 1. The van der Waals surface area contributed by atoms with Crippen LogP contribution in [0.15, 0.2) is 24.5 Å². The fourth-order valence-corrected chi connectivity index (χ4v) is 2.24. The third-order valence-electron chi connectivity index (χ3n) is 3.14.